The zero-order valence-corrected chi connectivity index (χ0v) is 9.10. The van der Waals surface area contributed by atoms with E-state index in [-0.39, 0.29) is 5.92 Å². The van der Waals surface area contributed by atoms with E-state index in [0.29, 0.717) is 12.1 Å². The van der Waals surface area contributed by atoms with Gasteiger partial charge in [-0.25, -0.2) is 8.78 Å². The van der Waals surface area contributed by atoms with Crippen LogP contribution in [0.5, 0.6) is 0 Å². The van der Waals surface area contributed by atoms with Crippen LogP contribution in [-0.2, 0) is 0 Å². The predicted octanol–water partition coefficient (Wildman–Crippen LogP) is 3.34. The first kappa shape index (κ1) is 11.1. The topological polar surface area (TPSA) is 12.0 Å². The van der Waals surface area contributed by atoms with Gasteiger partial charge in [0.15, 0.2) is 11.6 Å². The van der Waals surface area contributed by atoms with Crippen molar-refractivity contribution in [2.24, 2.45) is 0 Å². The van der Waals surface area contributed by atoms with Crippen LogP contribution in [0.1, 0.15) is 30.7 Å². The second-order valence-corrected chi connectivity index (χ2v) is 4.22. The first-order valence-corrected chi connectivity index (χ1v) is 5.54. The summed E-state index contributed by atoms with van der Waals surface area (Å²) >= 11 is 0. The lowest BCUT2D eigenvalue weighted by atomic mass is 9.94. The van der Waals surface area contributed by atoms with Crippen LogP contribution in [0.15, 0.2) is 30.5 Å². The maximum absolute atomic E-state index is 13.6. The Morgan fingerprint density at radius 3 is 2.94 bits per heavy atom. The maximum atomic E-state index is 13.6. The summed E-state index contributed by atoms with van der Waals surface area (Å²) in [6, 6.07) is 4.38. The highest BCUT2D eigenvalue weighted by atomic mass is 19.2. The third kappa shape index (κ3) is 2.23. The smallest absolute Gasteiger partial charge is 0.162 e. The normalized spacial score (nSPS) is 21.4. The molecule has 0 bridgehead atoms. The lowest BCUT2D eigenvalue weighted by molar-refractivity contribution is 0.480. The summed E-state index contributed by atoms with van der Waals surface area (Å²) in [6.45, 7) is 4.50. The third-order valence-electron chi connectivity index (χ3n) is 3.05. The fourth-order valence-corrected chi connectivity index (χ4v) is 2.12. The van der Waals surface area contributed by atoms with Crippen molar-refractivity contribution in [3.8, 4) is 0 Å². The number of allylic oxidation sites excluding steroid dienone is 1. The molecule has 1 aromatic carbocycles. The van der Waals surface area contributed by atoms with Crippen LogP contribution in [0.25, 0.3) is 0 Å². The minimum atomic E-state index is -0.763. The van der Waals surface area contributed by atoms with Crippen LogP contribution >= 0.6 is 0 Å². The Morgan fingerprint density at radius 2 is 2.12 bits per heavy atom. The largest absolute Gasteiger partial charge is 0.388 e. The van der Waals surface area contributed by atoms with Gasteiger partial charge in [-0.15, -0.1) is 0 Å². The molecule has 1 N–H and O–H groups in total. The van der Waals surface area contributed by atoms with Crippen molar-refractivity contribution in [2.45, 2.75) is 25.2 Å². The average Bonchev–Trinajstić information content (AvgIpc) is 2.47. The van der Waals surface area contributed by atoms with Gasteiger partial charge >= 0.3 is 0 Å². The van der Waals surface area contributed by atoms with Crippen molar-refractivity contribution in [3.63, 3.8) is 0 Å². The summed E-state index contributed by atoms with van der Waals surface area (Å²) in [4.78, 5) is 0. The average molecular weight is 223 g/mol. The molecule has 0 saturated carbocycles. The van der Waals surface area contributed by atoms with Gasteiger partial charge in [-0.05, 0) is 30.9 Å². The minimum absolute atomic E-state index is 0.0370. The zero-order valence-electron chi connectivity index (χ0n) is 9.10. The molecule has 1 nitrogen and oxygen atoms in total. The molecule has 1 heterocycles. The molecule has 3 heteroatoms. The Labute approximate surface area is 94.2 Å². The fraction of sp³-hybridized carbons (Fsp3) is 0.385. The van der Waals surface area contributed by atoms with Gasteiger partial charge in [0.05, 0.1) is 0 Å². The Kier molecular flexibility index (Phi) is 3.22. The van der Waals surface area contributed by atoms with Crippen molar-refractivity contribution in [1.82, 2.24) is 5.32 Å². The number of rotatable bonds is 1. The molecule has 1 aromatic rings. The van der Waals surface area contributed by atoms with Crippen molar-refractivity contribution < 1.29 is 8.78 Å². The van der Waals surface area contributed by atoms with Gasteiger partial charge < -0.3 is 5.32 Å². The van der Waals surface area contributed by atoms with Gasteiger partial charge in [0.1, 0.15) is 0 Å². The van der Waals surface area contributed by atoms with E-state index in [1.54, 1.807) is 12.1 Å². The van der Waals surface area contributed by atoms with Crippen LogP contribution in [0.4, 0.5) is 8.78 Å². The Balaban J connectivity index is 2.23. The molecule has 0 amide bonds. The molecule has 1 aliphatic rings. The molecule has 86 valence electrons. The molecule has 1 aliphatic heterocycles. The molecule has 2 rings (SSSR count). The first-order chi connectivity index (χ1) is 7.68. The highest BCUT2D eigenvalue weighted by molar-refractivity contribution is 5.24. The van der Waals surface area contributed by atoms with E-state index in [2.05, 4.69) is 11.9 Å². The highest BCUT2D eigenvalue weighted by Gasteiger charge is 2.20. The summed E-state index contributed by atoms with van der Waals surface area (Å²) in [6.07, 6.45) is 2.74. The van der Waals surface area contributed by atoms with Crippen molar-refractivity contribution in [1.29, 1.82) is 0 Å². The Bertz CT molecular complexity index is 401. The second-order valence-electron chi connectivity index (χ2n) is 4.22. The van der Waals surface area contributed by atoms with E-state index in [0.717, 1.165) is 31.0 Å². The van der Waals surface area contributed by atoms with Gasteiger partial charge in [0, 0.05) is 18.2 Å². The van der Waals surface area contributed by atoms with E-state index >= 15 is 0 Å². The summed E-state index contributed by atoms with van der Waals surface area (Å²) in [5.74, 6) is -1.43. The number of nitrogens with one attached hydrogen (secondary N) is 1. The van der Waals surface area contributed by atoms with Crippen LogP contribution in [0.3, 0.4) is 0 Å². The van der Waals surface area contributed by atoms with E-state index in [1.165, 1.54) is 0 Å². The van der Waals surface area contributed by atoms with Gasteiger partial charge in [0.25, 0.3) is 0 Å². The lowest BCUT2D eigenvalue weighted by Crippen LogP contribution is -2.18. The molecule has 1 fully saturated rings. The Hall–Kier alpha value is -1.38. The molecule has 1 atom stereocenters. The van der Waals surface area contributed by atoms with Crippen molar-refractivity contribution in [2.75, 3.05) is 6.54 Å². The van der Waals surface area contributed by atoms with Gasteiger partial charge in [0.2, 0.25) is 0 Å². The molecule has 0 aliphatic carbocycles. The molecule has 1 saturated heterocycles. The van der Waals surface area contributed by atoms with Gasteiger partial charge in [-0.1, -0.05) is 18.7 Å². The van der Waals surface area contributed by atoms with Crippen molar-refractivity contribution in [3.05, 3.63) is 47.7 Å². The molecular formula is C13H15F2N. The van der Waals surface area contributed by atoms with E-state index < -0.39 is 11.6 Å². The molecular weight excluding hydrogens is 208 g/mol. The highest BCUT2D eigenvalue weighted by Crippen LogP contribution is 2.28. The van der Waals surface area contributed by atoms with E-state index in [4.69, 9.17) is 0 Å². The zero-order chi connectivity index (χ0) is 11.5. The Morgan fingerprint density at radius 1 is 1.31 bits per heavy atom. The van der Waals surface area contributed by atoms with Crippen LogP contribution in [0, 0.1) is 11.6 Å². The fourth-order valence-electron chi connectivity index (χ4n) is 2.12. The molecule has 0 aromatic heterocycles. The van der Waals surface area contributed by atoms with Gasteiger partial charge in [-0.3, -0.25) is 0 Å². The monoisotopic (exact) mass is 223 g/mol. The van der Waals surface area contributed by atoms with Crippen molar-refractivity contribution >= 4 is 0 Å². The summed E-state index contributed by atoms with van der Waals surface area (Å²) in [5.41, 5.74) is 1.46. The van der Waals surface area contributed by atoms with Gasteiger partial charge in [-0.2, -0.15) is 0 Å². The molecule has 0 radical (unpaired) electrons. The summed E-state index contributed by atoms with van der Waals surface area (Å²) < 4.78 is 26.7. The molecule has 16 heavy (non-hydrogen) atoms. The lowest BCUT2D eigenvalue weighted by Gasteiger charge is -2.15. The first-order valence-electron chi connectivity index (χ1n) is 5.54. The van der Waals surface area contributed by atoms with E-state index in [1.807, 2.05) is 0 Å². The molecule has 0 unspecified atom stereocenters. The standard InChI is InChI=1S/C13H15F2N/c1-9-4-2-5-10(8-16-9)11-6-3-7-12(14)13(11)15/h3,6-7,10,16H,1-2,4-5,8H2/t10-/m1/s1. The number of benzene rings is 1. The quantitative estimate of drug-likeness (QED) is 0.770. The number of hydrogen-bond acceptors (Lipinski definition) is 1. The maximum Gasteiger partial charge on any atom is 0.162 e. The minimum Gasteiger partial charge on any atom is -0.388 e. The number of hydrogen-bond donors (Lipinski definition) is 1. The summed E-state index contributed by atoms with van der Waals surface area (Å²) in [7, 11) is 0. The number of halogens is 2. The second kappa shape index (κ2) is 4.64. The van der Waals surface area contributed by atoms with Crippen LogP contribution in [-0.4, -0.2) is 6.54 Å². The van der Waals surface area contributed by atoms with Crippen LogP contribution in [0.2, 0.25) is 0 Å². The summed E-state index contributed by atoms with van der Waals surface area (Å²) in [5, 5.41) is 3.16. The van der Waals surface area contributed by atoms with Crippen LogP contribution < -0.4 is 5.32 Å². The third-order valence-corrected chi connectivity index (χ3v) is 3.05. The molecule has 0 spiro atoms. The van der Waals surface area contributed by atoms with E-state index in [9.17, 15) is 8.78 Å². The SMILES string of the molecule is C=C1CCC[C@@H](c2cccc(F)c2F)CN1. The predicted molar refractivity (Wildman–Crippen MR) is 60.1 cm³/mol.